The Kier molecular flexibility index (Phi) is 4.37. The van der Waals surface area contributed by atoms with Crippen molar-refractivity contribution in [3.05, 3.63) is 34.2 Å². The van der Waals surface area contributed by atoms with E-state index >= 15 is 0 Å². The molecule has 0 aliphatic heterocycles. The number of hydrogen-bond donors (Lipinski definition) is 3. The summed E-state index contributed by atoms with van der Waals surface area (Å²) in [6, 6.07) is 2.89. The van der Waals surface area contributed by atoms with Crippen LogP contribution in [-0.4, -0.2) is 24.0 Å². The van der Waals surface area contributed by atoms with Crippen molar-refractivity contribution in [3.8, 4) is 0 Å². The predicted octanol–water partition coefficient (Wildman–Crippen LogP) is 1.01. The Hall–Kier alpha value is -1.62. The molecule has 1 aliphatic carbocycles. The lowest BCUT2D eigenvalue weighted by atomic mass is 9.74. The largest absolute Gasteiger partial charge is 0.351 e. The number of amides is 1. The van der Waals surface area contributed by atoms with Gasteiger partial charge < -0.3 is 16.0 Å². The van der Waals surface area contributed by atoms with E-state index in [1.165, 1.54) is 37.6 Å². The fourth-order valence-corrected chi connectivity index (χ4v) is 2.68. The van der Waals surface area contributed by atoms with Gasteiger partial charge in [-0.05, 0) is 30.9 Å². The van der Waals surface area contributed by atoms with Gasteiger partial charge in [0.2, 0.25) is 5.56 Å². The molecule has 0 atom stereocenters. The van der Waals surface area contributed by atoms with E-state index in [4.69, 9.17) is 5.73 Å². The zero-order valence-corrected chi connectivity index (χ0v) is 11.1. The average molecular weight is 263 g/mol. The predicted molar refractivity (Wildman–Crippen MR) is 74.0 cm³/mol. The molecule has 5 nitrogen and oxygen atoms in total. The van der Waals surface area contributed by atoms with Crippen LogP contribution >= 0.6 is 0 Å². The maximum absolute atomic E-state index is 12.0. The van der Waals surface area contributed by atoms with Crippen molar-refractivity contribution in [1.82, 2.24) is 10.3 Å². The number of carbonyl (C=O) groups is 1. The first-order valence-electron chi connectivity index (χ1n) is 6.82. The van der Waals surface area contributed by atoms with Gasteiger partial charge in [0.15, 0.2) is 0 Å². The molecule has 1 fully saturated rings. The molecule has 1 amide bonds. The van der Waals surface area contributed by atoms with E-state index < -0.39 is 0 Å². The molecule has 4 N–H and O–H groups in total. The minimum Gasteiger partial charge on any atom is -0.351 e. The van der Waals surface area contributed by atoms with E-state index in [1.807, 2.05) is 0 Å². The molecule has 0 spiro atoms. The second-order valence-corrected chi connectivity index (χ2v) is 5.39. The van der Waals surface area contributed by atoms with Crippen molar-refractivity contribution in [1.29, 1.82) is 0 Å². The molecule has 1 heterocycles. The highest BCUT2D eigenvalue weighted by atomic mass is 16.1. The summed E-state index contributed by atoms with van der Waals surface area (Å²) >= 11 is 0. The molecule has 1 aliphatic rings. The molecule has 1 aromatic heterocycles. The topological polar surface area (TPSA) is 88.0 Å². The van der Waals surface area contributed by atoms with Crippen LogP contribution in [0.3, 0.4) is 0 Å². The van der Waals surface area contributed by atoms with Gasteiger partial charge in [0.05, 0.1) is 5.56 Å². The van der Waals surface area contributed by atoms with Crippen molar-refractivity contribution in [2.45, 2.75) is 32.1 Å². The van der Waals surface area contributed by atoms with Crippen molar-refractivity contribution >= 4 is 5.91 Å². The Morgan fingerprint density at radius 2 is 2.05 bits per heavy atom. The molecule has 104 valence electrons. The van der Waals surface area contributed by atoms with Crippen LogP contribution < -0.4 is 16.6 Å². The standard InChI is InChI=1S/C14H21N3O2/c15-9-14(6-2-1-3-7-14)10-17-13(19)11-4-5-12(18)16-8-11/h4-5,8H,1-3,6-7,9-10,15H2,(H,16,18)(H,17,19). The Morgan fingerprint density at radius 3 is 2.63 bits per heavy atom. The Bertz CT molecular complexity index is 469. The second kappa shape index (κ2) is 6.02. The number of aromatic nitrogens is 1. The Morgan fingerprint density at radius 1 is 1.32 bits per heavy atom. The van der Waals surface area contributed by atoms with E-state index in [0.717, 1.165) is 12.8 Å². The third-order valence-electron chi connectivity index (χ3n) is 4.02. The lowest BCUT2D eigenvalue weighted by molar-refractivity contribution is 0.0913. The lowest BCUT2D eigenvalue weighted by Gasteiger charge is -2.36. The summed E-state index contributed by atoms with van der Waals surface area (Å²) in [4.78, 5) is 25.4. The van der Waals surface area contributed by atoms with E-state index in [1.54, 1.807) is 0 Å². The first-order valence-corrected chi connectivity index (χ1v) is 6.82. The maximum atomic E-state index is 12.0. The highest BCUT2D eigenvalue weighted by Crippen LogP contribution is 2.34. The quantitative estimate of drug-likeness (QED) is 0.757. The zero-order valence-electron chi connectivity index (χ0n) is 11.1. The summed E-state index contributed by atoms with van der Waals surface area (Å²) in [6.07, 6.45) is 7.23. The number of pyridine rings is 1. The summed E-state index contributed by atoms with van der Waals surface area (Å²) in [6.45, 7) is 1.22. The minimum atomic E-state index is -0.206. The van der Waals surface area contributed by atoms with Crippen molar-refractivity contribution in [3.63, 3.8) is 0 Å². The summed E-state index contributed by atoms with van der Waals surface area (Å²) in [7, 11) is 0. The van der Waals surface area contributed by atoms with Crippen LogP contribution in [0.25, 0.3) is 0 Å². The van der Waals surface area contributed by atoms with Crippen LogP contribution in [0.2, 0.25) is 0 Å². The second-order valence-electron chi connectivity index (χ2n) is 5.39. The van der Waals surface area contributed by atoms with Gasteiger partial charge in [0.1, 0.15) is 0 Å². The average Bonchev–Trinajstić information content (AvgIpc) is 2.46. The normalized spacial score (nSPS) is 17.9. The van der Waals surface area contributed by atoms with Crippen LogP contribution in [0.15, 0.2) is 23.1 Å². The number of hydrogen-bond acceptors (Lipinski definition) is 3. The third kappa shape index (κ3) is 3.44. The Balaban J connectivity index is 1.95. The van der Waals surface area contributed by atoms with E-state index in [0.29, 0.717) is 18.7 Å². The molecular weight excluding hydrogens is 242 g/mol. The molecule has 5 heteroatoms. The number of aromatic amines is 1. The van der Waals surface area contributed by atoms with E-state index in [9.17, 15) is 9.59 Å². The number of carbonyl (C=O) groups excluding carboxylic acids is 1. The minimum absolute atomic E-state index is 0.0517. The molecule has 1 saturated carbocycles. The molecule has 1 aromatic rings. The number of rotatable bonds is 4. The highest BCUT2D eigenvalue weighted by molar-refractivity contribution is 5.93. The molecule has 0 bridgehead atoms. The summed E-state index contributed by atoms with van der Waals surface area (Å²) in [5.41, 5.74) is 6.20. The number of nitrogens with one attached hydrogen (secondary N) is 2. The van der Waals surface area contributed by atoms with E-state index in [-0.39, 0.29) is 16.9 Å². The first kappa shape index (κ1) is 13.8. The fourth-order valence-electron chi connectivity index (χ4n) is 2.68. The molecule has 2 rings (SSSR count). The highest BCUT2D eigenvalue weighted by Gasteiger charge is 2.30. The summed E-state index contributed by atoms with van der Waals surface area (Å²) < 4.78 is 0. The number of H-pyrrole nitrogens is 1. The molecule has 0 aromatic carbocycles. The van der Waals surface area contributed by atoms with Gasteiger partial charge in [-0.3, -0.25) is 9.59 Å². The molecule has 19 heavy (non-hydrogen) atoms. The summed E-state index contributed by atoms with van der Waals surface area (Å²) in [5, 5.41) is 2.94. The van der Waals surface area contributed by atoms with Gasteiger partial charge >= 0.3 is 0 Å². The molecule has 0 radical (unpaired) electrons. The van der Waals surface area contributed by atoms with E-state index in [2.05, 4.69) is 10.3 Å². The number of nitrogens with two attached hydrogens (primary N) is 1. The molecule has 0 unspecified atom stereocenters. The Labute approximate surface area is 112 Å². The molecule has 0 saturated heterocycles. The smallest absolute Gasteiger partial charge is 0.252 e. The van der Waals surface area contributed by atoms with Gasteiger partial charge in [-0.25, -0.2) is 0 Å². The first-order chi connectivity index (χ1) is 9.15. The fraction of sp³-hybridized carbons (Fsp3) is 0.571. The van der Waals surface area contributed by atoms with Gasteiger partial charge in [0.25, 0.3) is 5.91 Å². The monoisotopic (exact) mass is 263 g/mol. The van der Waals surface area contributed by atoms with Gasteiger partial charge in [-0.15, -0.1) is 0 Å². The SMILES string of the molecule is NCC1(CNC(=O)c2ccc(=O)[nH]c2)CCCCC1. The maximum Gasteiger partial charge on any atom is 0.252 e. The third-order valence-corrected chi connectivity index (χ3v) is 4.02. The van der Waals surface area contributed by atoms with Gasteiger partial charge in [-0.1, -0.05) is 19.3 Å². The van der Waals surface area contributed by atoms with Gasteiger partial charge in [0, 0.05) is 18.8 Å². The van der Waals surface area contributed by atoms with Crippen molar-refractivity contribution in [2.24, 2.45) is 11.1 Å². The van der Waals surface area contributed by atoms with Crippen LogP contribution in [0.1, 0.15) is 42.5 Å². The van der Waals surface area contributed by atoms with Crippen LogP contribution in [0.4, 0.5) is 0 Å². The van der Waals surface area contributed by atoms with Crippen molar-refractivity contribution in [2.75, 3.05) is 13.1 Å². The summed E-state index contributed by atoms with van der Waals surface area (Å²) in [5.74, 6) is -0.158. The zero-order chi connectivity index (χ0) is 13.7. The lowest BCUT2D eigenvalue weighted by Crippen LogP contribution is -2.43. The molecular formula is C14H21N3O2. The van der Waals surface area contributed by atoms with Gasteiger partial charge in [-0.2, -0.15) is 0 Å². The van der Waals surface area contributed by atoms with Crippen molar-refractivity contribution < 1.29 is 4.79 Å². The van der Waals surface area contributed by atoms with Crippen LogP contribution in [0.5, 0.6) is 0 Å². The van der Waals surface area contributed by atoms with Crippen LogP contribution in [-0.2, 0) is 0 Å². The van der Waals surface area contributed by atoms with Crippen LogP contribution in [0, 0.1) is 5.41 Å².